The first kappa shape index (κ1) is 26.4. The minimum Gasteiger partial charge on any atom is -0.496 e. The van der Waals surface area contributed by atoms with Crippen LogP contribution in [-0.4, -0.2) is 40.7 Å². The number of benzene rings is 3. The van der Waals surface area contributed by atoms with Gasteiger partial charge in [-0.1, -0.05) is 61.8 Å². The average molecular weight is 548 g/mol. The Bertz CT molecular complexity index is 1480. The molecule has 39 heavy (non-hydrogen) atoms. The van der Waals surface area contributed by atoms with Crippen LogP contribution < -0.4 is 9.64 Å². The molecule has 0 bridgehead atoms. The van der Waals surface area contributed by atoms with Crippen molar-refractivity contribution in [3.8, 4) is 5.75 Å². The van der Waals surface area contributed by atoms with E-state index in [0.29, 0.717) is 17.0 Å². The smallest absolute Gasteiger partial charge is 0.270 e. The number of halogens is 1. The van der Waals surface area contributed by atoms with Crippen LogP contribution in [0.2, 0.25) is 5.02 Å². The number of rotatable bonds is 6. The third-order valence-electron chi connectivity index (χ3n) is 7.51. The van der Waals surface area contributed by atoms with Gasteiger partial charge in [-0.3, -0.25) is 24.5 Å². The van der Waals surface area contributed by atoms with Crippen LogP contribution in [0.1, 0.15) is 35.8 Å². The Morgan fingerprint density at radius 3 is 2.23 bits per heavy atom. The van der Waals surface area contributed by atoms with Gasteiger partial charge in [-0.2, -0.15) is 0 Å². The highest BCUT2D eigenvalue weighted by Gasteiger charge is 2.64. The van der Waals surface area contributed by atoms with Crippen LogP contribution in [0.4, 0.5) is 11.4 Å². The van der Waals surface area contributed by atoms with E-state index < -0.39 is 40.7 Å². The minimum absolute atomic E-state index is 0.0487. The highest BCUT2D eigenvalue weighted by Crippen LogP contribution is 2.54. The summed E-state index contributed by atoms with van der Waals surface area (Å²) in [5.74, 6) is -2.73. The van der Waals surface area contributed by atoms with Gasteiger partial charge in [-0.15, -0.1) is 0 Å². The van der Waals surface area contributed by atoms with Crippen LogP contribution in [0.5, 0.6) is 5.75 Å². The highest BCUT2D eigenvalue weighted by molar-refractivity contribution is 6.34. The number of methoxy groups -OCH3 is 1. The number of carbonyl (C=O) groups is 3. The number of non-ortho nitro benzene ring substituents is 1. The molecule has 3 aromatic rings. The Morgan fingerprint density at radius 2 is 1.62 bits per heavy atom. The number of nitro groups is 1. The molecule has 10 heteroatoms. The number of amides is 3. The van der Waals surface area contributed by atoms with Crippen molar-refractivity contribution in [3.63, 3.8) is 0 Å². The van der Waals surface area contributed by atoms with E-state index in [1.807, 2.05) is 13.8 Å². The van der Waals surface area contributed by atoms with Crippen molar-refractivity contribution >= 4 is 40.7 Å². The van der Waals surface area contributed by atoms with E-state index >= 15 is 0 Å². The number of carbonyl (C=O) groups excluding carboxylic acids is 3. The van der Waals surface area contributed by atoms with Crippen LogP contribution >= 0.6 is 11.6 Å². The predicted molar refractivity (Wildman–Crippen MR) is 145 cm³/mol. The standard InChI is InChI=1S/C29H26ClN3O6/c1-16(2)25-23-24(29(36)31(28(23)35)17-9-5-4-6-10-17)26(20-11-7-8-12-22(20)39-3)32(25)27(34)19-14-13-18(33(37)38)15-21(19)30/h4-16,23-26H,1-3H3. The summed E-state index contributed by atoms with van der Waals surface area (Å²) in [7, 11) is 1.50. The molecule has 3 amide bonds. The number of anilines is 1. The zero-order chi connectivity index (χ0) is 28.0. The van der Waals surface area contributed by atoms with Gasteiger partial charge in [-0.05, 0) is 30.2 Å². The topological polar surface area (TPSA) is 110 Å². The molecule has 9 nitrogen and oxygen atoms in total. The van der Waals surface area contributed by atoms with Crippen molar-refractivity contribution in [2.24, 2.45) is 17.8 Å². The highest BCUT2D eigenvalue weighted by atomic mass is 35.5. The molecule has 4 unspecified atom stereocenters. The van der Waals surface area contributed by atoms with Gasteiger partial charge in [0.1, 0.15) is 5.75 Å². The van der Waals surface area contributed by atoms with Crippen LogP contribution in [0.25, 0.3) is 0 Å². The molecule has 0 aliphatic carbocycles. The molecule has 0 radical (unpaired) electrons. The van der Waals surface area contributed by atoms with Crippen molar-refractivity contribution in [1.82, 2.24) is 4.90 Å². The molecular weight excluding hydrogens is 522 g/mol. The lowest BCUT2D eigenvalue weighted by molar-refractivity contribution is -0.384. The van der Waals surface area contributed by atoms with Gasteiger partial charge in [0.05, 0.1) is 46.2 Å². The Morgan fingerprint density at radius 1 is 0.974 bits per heavy atom. The number of ether oxygens (including phenoxy) is 1. The second-order valence-corrected chi connectivity index (χ2v) is 10.4. The number of hydrogen-bond acceptors (Lipinski definition) is 6. The first-order valence-electron chi connectivity index (χ1n) is 12.5. The number of nitro benzene ring substituents is 1. The molecule has 200 valence electrons. The predicted octanol–water partition coefficient (Wildman–Crippen LogP) is 5.28. The number of fused-ring (bicyclic) bond motifs is 1. The molecule has 2 aliphatic rings. The first-order valence-corrected chi connectivity index (χ1v) is 12.9. The lowest BCUT2D eigenvalue weighted by Crippen LogP contribution is -2.47. The quantitative estimate of drug-likeness (QED) is 0.236. The number of para-hydroxylation sites is 2. The average Bonchev–Trinajstić information content (AvgIpc) is 3.41. The summed E-state index contributed by atoms with van der Waals surface area (Å²) < 4.78 is 5.63. The maximum absolute atomic E-state index is 14.2. The van der Waals surface area contributed by atoms with E-state index in [1.165, 1.54) is 24.1 Å². The third-order valence-corrected chi connectivity index (χ3v) is 7.82. The fourth-order valence-electron chi connectivity index (χ4n) is 5.95. The van der Waals surface area contributed by atoms with Crippen LogP contribution in [0.15, 0.2) is 72.8 Å². The van der Waals surface area contributed by atoms with Gasteiger partial charge in [0.15, 0.2) is 0 Å². The molecule has 0 aromatic heterocycles. The van der Waals surface area contributed by atoms with Crippen LogP contribution in [0, 0.1) is 27.9 Å². The van der Waals surface area contributed by atoms with E-state index in [1.54, 1.807) is 59.5 Å². The molecule has 4 atom stereocenters. The Kier molecular flexibility index (Phi) is 6.86. The largest absolute Gasteiger partial charge is 0.496 e. The maximum atomic E-state index is 14.2. The number of nitrogens with zero attached hydrogens (tertiary/aromatic N) is 3. The van der Waals surface area contributed by atoms with Gasteiger partial charge in [0, 0.05) is 23.7 Å². The minimum atomic E-state index is -0.873. The number of hydrogen-bond donors (Lipinski definition) is 0. The van der Waals surface area contributed by atoms with Gasteiger partial charge < -0.3 is 9.64 Å². The summed E-state index contributed by atoms with van der Waals surface area (Å²) >= 11 is 6.39. The summed E-state index contributed by atoms with van der Waals surface area (Å²) in [6.07, 6.45) is 0. The van der Waals surface area contributed by atoms with Crippen LogP contribution in [-0.2, 0) is 9.59 Å². The molecule has 3 aromatic carbocycles. The van der Waals surface area contributed by atoms with Crippen molar-refractivity contribution < 1.29 is 24.0 Å². The van der Waals surface area contributed by atoms with Crippen molar-refractivity contribution in [2.45, 2.75) is 25.9 Å². The van der Waals surface area contributed by atoms with Crippen molar-refractivity contribution in [2.75, 3.05) is 12.0 Å². The van der Waals surface area contributed by atoms with E-state index in [4.69, 9.17) is 16.3 Å². The van der Waals surface area contributed by atoms with Gasteiger partial charge in [0.2, 0.25) is 11.8 Å². The number of likely N-dealkylation sites (tertiary alicyclic amines) is 1. The van der Waals surface area contributed by atoms with E-state index in [0.717, 1.165) is 6.07 Å². The normalized spacial score (nSPS) is 22.4. The zero-order valence-corrected chi connectivity index (χ0v) is 22.2. The number of imide groups is 1. The lowest BCUT2D eigenvalue weighted by atomic mass is 9.83. The Hall–Kier alpha value is -4.24. The summed E-state index contributed by atoms with van der Waals surface area (Å²) in [6.45, 7) is 3.79. The van der Waals surface area contributed by atoms with Crippen molar-refractivity contribution in [1.29, 1.82) is 0 Å². The van der Waals surface area contributed by atoms with Crippen molar-refractivity contribution in [3.05, 3.63) is 99.1 Å². The van der Waals surface area contributed by atoms with E-state index in [9.17, 15) is 24.5 Å². The molecule has 2 aliphatic heterocycles. The van der Waals surface area contributed by atoms with E-state index in [-0.39, 0.29) is 28.1 Å². The Balaban J connectivity index is 1.70. The molecule has 5 rings (SSSR count). The summed E-state index contributed by atoms with van der Waals surface area (Å²) in [5, 5.41) is 11.2. The monoisotopic (exact) mass is 547 g/mol. The summed E-state index contributed by atoms with van der Waals surface area (Å²) in [4.78, 5) is 55.7. The fraction of sp³-hybridized carbons (Fsp3) is 0.276. The molecule has 0 saturated carbocycles. The maximum Gasteiger partial charge on any atom is 0.270 e. The van der Waals surface area contributed by atoms with Gasteiger partial charge in [0.25, 0.3) is 11.6 Å². The Labute approximate surface area is 230 Å². The molecular formula is C29H26ClN3O6. The second kappa shape index (κ2) is 10.1. The molecule has 2 heterocycles. The molecule has 2 saturated heterocycles. The van der Waals surface area contributed by atoms with Gasteiger partial charge in [-0.25, -0.2) is 4.90 Å². The van der Waals surface area contributed by atoms with Gasteiger partial charge >= 0.3 is 0 Å². The fourth-order valence-corrected chi connectivity index (χ4v) is 6.20. The molecule has 0 spiro atoms. The van der Waals surface area contributed by atoms with E-state index in [2.05, 4.69) is 0 Å². The third kappa shape index (κ3) is 4.23. The second-order valence-electron chi connectivity index (χ2n) is 9.95. The lowest BCUT2D eigenvalue weighted by Gasteiger charge is -2.36. The SMILES string of the molecule is COc1ccccc1C1C2C(=O)N(c3ccccc3)C(=O)C2C(C(C)C)N1C(=O)c1ccc([N+](=O)[O-])cc1Cl. The zero-order valence-electron chi connectivity index (χ0n) is 21.5. The van der Waals surface area contributed by atoms with Crippen LogP contribution in [0.3, 0.4) is 0 Å². The first-order chi connectivity index (χ1) is 18.7. The molecule has 0 N–H and O–H groups in total. The molecule has 2 fully saturated rings. The summed E-state index contributed by atoms with van der Waals surface area (Å²) in [5.41, 5.74) is 0.855. The summed E-state index contributed by atoms with van der Waals surface area (Å²) in [6, 6.07) is 18.0.